The van der Waals surface area contributed by atoms with Crippen molar-refractivity contribution in [2.24, 2.45) is 5.92 Å². The highest BCUT2D eigenvalue weighted by Crippen LogP contribution is 2.50. The number of para-hydroxylation sites is 4. The van der Waals surface area contributed by atoms with Crippen molar-refractivity contribution in [1.82, 2.24) is 0 Å². The first kappa shape index (κ1) is 23.5. The van der Waals surface area contributed by atoms with Gasteiger partial charge in [-0.1, -0.05) is 24.3 Å². The van der Waals surface area contributed by atoms with E-state index in [-0.39, 0.29) is 16.7 Å². The Labute approximate surface area is 200 Å². The van der Waals surface area contributed by atoms with Crippen LogP contribution in [0.3, 0.4) is 0 Å². The van der Waals surface area contributed by atoms with E-state index in [0.29, 0.717) is 24.3 Å². The van der Waals surface area contributed by atoms with Crippen molar-refractivity contribution in [2.75, 3.05) is 10.7 Å². The summed E-state index contributed by atoms with van der Waals surface area (Å²) < 4.78 is 73.0. The number of nitrogens with zero attached hydrogens (tertiary/aromatic N) is 1. The van der Waals surface area contributed by atoms with Crippen molar-refractivity contribution in [3.05, 3.63) is 72.8 Å². The summed E-state index contributed by atoms with van der Waals surface area (Å²) in [6.07, 6.45) is -4.78. The highest BCUT2D eigenvalue weighted by atomic mass is 32.2. The van der Waals surface area contributed by atoms with Gasteiger partial charge >= 0.3 is 6.36 Å². The average Bonchev–Trinajstić information content (AvgIpc) is 3.15. The fraction of sp³-hybridized carbons (Fsp3) is 0.280. The second-order valence-corrected chi connectivity index (χ2v) is 10.6. The predicted octanol–water partition coefficient (Wildman–Crippen LogP) is 5.44. The quantitative estimate of drug-likeness (QED) is 0.498. The lowest BCUT2D eigenvalue weighted by Crippen LogP contribution is -2.41. The number of aliphatic hydroxyl groups is 1. The summed E-state index contributed by atoms with van der Waals surface area (Å²) in [6.45, 7) is 0. The lowest BCUT2D eigenvalue weighted by Gasteiger charge is -2.38. The molecule has 1 aliphatic carbocycles. The third-order valence-corrected chi connectivity index (χ3v) is 8.22. The lowest BCUT2D eigenvalue weighted by molar-refractivity contribution is -0.274. The molecule has 3 atom stereocenters. The summed E-state index contributed by atoms with van der Waals surface area (Å²) in [5, 5.41) is 11.2. The molecule has 1 aliphatic heterocycles. The van der Waals surface area contributed by atoms with Gasteiger partial charge in [-0.05, 0) is 61.4 Å². The van der Waals surface area contributed by atoms with Gasteiger partial charge in [0.05, 0.1) is 34.2 Å². The number of anilines is 2. The smallest absolute Gasteiger partial charge is 0.453 e. The molecule has 1 saturated carbocycles. The first-order valence-corrected chi connectivity index (χ1v) is 12.7. The summed E-state index contributed by atoms with van der Waals surface area (Å²) in [5.74, 6) is -0.0655. The van der Waals surface area contributed by atoms with E-state index in [0.717, 1.165) is 35.6 Å². The zero-order valence-electron chi connectivity index (χ0n) is 18.4. The number of fused-ring (bicyclic) bond motifs is 2. The molecule has 5 rings (SSSR count). The summed E-state index contributed by atoms with van der Waals surface area (Å²) in [7, 11) is -3.85. The molecule has 184 valence electrons. The maximum absolute atomic E-state index is 13.0. The number of aliphatic hydroxyl groups excluding tert-OH is 1. The monoisotopic (exact) mass is 505 g/mol. The van der Waals surface area contributed by atoms with Crippen LogP contribution in [-0.4, -0.2) is 37.8 Å². The van der Waals surface area contributed by atoms with Crippen LogP contribution in [0.5, 0.6) is 17.2 Å². The van der Waals surface area contributed by atoms with Crippen LogP contribution in [0.15, 0.2) is 77.7 Å². The molecular weight excluding hydrogens is 483 g/mol. The molecule has 0 aromatic heterocycles. The summed E-state index contributed by atoms with van der Waals surface area (Å²) >= 11 is 0. The number of rotatable bonds is 5. The SMILES string of the molecule is O=S(=O)(C[C@@H]1CC[C@H](N2c3ccccc3Oc3ccccc32)[C@H]1O)c1ccc(OC(F)(F)F)cc1. The molecule has 35 heavy (non-hydrogen) atoms. The number of alkyl halides is 3. The largest absolute Gasteiger partial charge is 0.573 e. The Morgan fingerprint density at radius 1 is 0.914 bits per heavy atom. The van der Waals surface area contributed by atoms with Gasteiger partial charge in [0.15, 0.2) is 21.3 Å². The van der Waals surface area contributed by atoms with Gasteiger partial charge in [0.25, 0.3) is 0 Å². The number of hydrogen-bond donors (Lipinski definition) is 1. The molecule has 3 aromatic rings. The Morgan fingerprint density at radius 3 is 2.06 bits per heavy atom. The Hall–Kier alpha value is -3.24. The van der Waals surface area contributed by atoms with Gasteiger partial charge in [-0.15, -0.1) is 13.2 Å². The fourth-order valence-corrected chi connectivity index (χ4v) is 6.49. The minimum Gasteiger partial charge on any atom is -0.453 e. The Balaban J connectivity index is 1.37. The van der Waals surface area contributed by atoms with Gasteiger partial charge < -0.3 is 19.5 Å². The van der Waals surface area contributed by atoms with Crippen LogP contribution in [0.25, 0.3) is 0 Å². The van der Waals surface area contributed by atoms with Crippen LogP contribution in [0.2, 0.25) is 0 Å². The molecule has 6 nitrogen and oxygen atoms in total. The van der Waals surface area contributed by atoms with Crippen LogP contribution in [0, 0.1) is 5.92 Å². The standard InChI is InChI=1S/C25H22F3NO5S/c26-25(27,28)34-17-10-12-18(13-11-17)35(31,32)15-16-9-14-21(24(16)30)29-19-5-1-3-7-22(19)33-23-8-4-2-6-20(23)29/h1-8,10-13,16,21,24,30H,9,14-15H2/t16-,21-,24-/m0/s1. The van der Waals surface area contributed by atoms with Gasteiger partial charge in [0.2, 0.25) is 0 Å². The van der Waals surface area contributed by atoms with E-state index in [9.17, 15) is 26.7 Å². The van der Waals surface area contributed by atoms with E-state index < -0.39 is 34.0 Å². The number of benzene rings is 3. The molecule has 1 N–H and O–H groups in total. The normalized spacial score (nSPS) is 21.7. The van der Waals surface area contributed by atoms with Crippen molar-refractivity contribution in [3.63, 3.8) is 0 Å². The number of ether oxygens (including phenoxy) is 2. The third-order valence-electron chi connectivity index (χ3n) is 6.36. The first-order valence-electron chi connectivity index (χ1n) is 11.0. The second-order valence-electron chi connectivity index (χ2n) is 8.60. The van der Waals surface area contributed by atoms with Crippen LogP contribution in [0.4, 0.5) is 24.5 Å². The van der Waals surface area contributed by atoms with E-state index in [1.54, 1.807) is 0 Å². The van der Waals surface area contributed by atoms with Gasteiger partial charge in [-0.2, -0.15) is 0 Å². The average molecular weight is 506 g/mol. The third kappa shape index (κ3) is 4.68. The van der Waals surface area contributed by atoms with E-state index in [1.165, 1.54) is 0 Å². The number of halogens is 3. The summed E-state index contributed by atoms with van der Waals surface area (Å²) in [5.41, 5.74) is 1.58. The minimum absolute atomic E-state index is 0.121. The summed E-state index contributed by atoms with van der Waals surface area (Å²) in [4.78, 5) is 1.89. The number of sulfone groups is 1. The molecule has 0 spiro atoms. The van der Waals surface area contributed by atoms with Crippen molar-refractivity contribution >= 4 is 21.2 Å². The molecule has 1 fully saturated rings. The molecule has 2 aliphatic rings. The van der Waals surface area contributed by atoms with E-state index >= 15 is 0 Å². The minimum atomic E-state index is -4.86. The second kappa shape index (κ2) is 8.76. The van der Waals surface area contributed by atoms with Crippen molar-refractivity contribution in [2.45, 2.75) is 36.2 Å². The highest BCUT2D eigenvalue weighted by Gasteiger charge is 2.43. The molecule has 1 heterocycles. The van der Waals surface area contributed by atoms with Crippen LogP contribution < -0.4 is 14.4 Å². The molecule has 3 aromatic carbocycles. The summed E-state index contributed by atoms with van der Waals surface area (Å²) in [6, 6.07) is 18.7. The van der Waals surface area contributed by atoms with Gasteiger partial charge in [0, 0.05) is 5.92 Å². The van der Waals surface area contributed by atoms with Crippen molar-refractivity contribution < 1.29 is 36.2 Å². The van der Waals surface area contributed by atoms with E-state index in [1.807, 2.05) is 53.4 Å². The first-order chi connectivity index (χ1) is 16.6. The fourth-order valence-electron chi connectivity index (χ4n) is 4.82. The van der Waals surface area contributed by atoms with E-state index in [4.69, 9.17) is 4.74 Å². The zero-order chi connectivity index (χ0) is 24.8. The Morgan fingerprint density at radius 2 is 1.49 bits per heavy atom. The molecule has 0 amide bonds. The molecule has 0 bridgehead atoms. The Kier molecular flexibility index (Phi) is 5.88. The molecule has 0 radical (unpaired) electrons. The van der Waals surface area contributed by atoms with E-state index in [2.05, 4.69) is 4.74 Å². The molecule has 0 unspecified atom stereocenters. The van der Waals surface area contributed by atoms with Crippen LogP contribution >= 0.6 is 0 Å². The number of hydrogen-bond acceptors (Lipinski definition) is 6. The van der Waals surface area contributed by atoms with Gasteiger partial charge in [-0.25, -0.2) is 8.42 Å². The Bertz CT molecular complexity index is 1280. The lowest BCUT2D eigenvalue weighted by atomic mass is 10.0. The topological polar surface area (TPSA) is 76.1 Å². The van der Waals surface area contributed by atoms with Crippen LogP contribution in [-0.2, 0) is 9.84 Å². The highest BCUT2D eigenvalue weighted by molar-refractivity contribution is 7.91. The van der Waals surface area contributed by atoms with Crippen LogP contribution in [0.1, 0.15) is 12.8 Å². The molecule has 10 heteroatoms. The maximum atomic E-state index is 13.0. The molecular formula is C25H22F3NO5S. The van der Waals surface area contributed by atoms with Gasteiger partial charge in [0.1, 0.15) is 5.75 Å². The predicted molar refractivity (Wildman–Crippen MR) is 123 cm³/mol. The van der Waals surface area contributed by atoms with Crippen molar-refractivity contribution in [1.29, 1.82) is 0 Å². The van der Waals surface area contributed by atoms with Crippen molar-refractivity contribution in [3.8, 4) is 17.2 Å². The maximum Gasteiger partial charge on any atom is 0.573 e. The van der Waals surface area contributed by atoms with Gasteiger partial charge in [-0.3, -0.25) is 0 Å². The molecule has 0 saturated heterocycles. The zero-order valence-corrected chi connectivity index (χ0v) is 19.2.